The number of methoxy groups -OCH3 is 1. The number of nitrogens with zero attached hydrogens (tertiary/aromatic N) is 2. The van der Waals surface area contributed by atoms with Crippen molar-refractivity contribution in [1.82, 2.24) is 15.3 Å². The van der Waals surface area contributed by atoms with E-state index >= 15 is 0 Å². The molecule has 1 aromatic heterocycles. The van der Waals surface area contributed by atoms with E-state index in [-0.39, 0.29) is 12.1 Å². The van der Waals surface area contributed by atoms with E-state index in [2.05, 4.69) is 32.7 Å². The van der Waals surface area contributed by atoms with Crippen molar-refractivity contribution in [3.63, 3.8) is 0 Å². The number of carbonyl (C=O) groups excluding carboxylic acids is 1. The third-order valence-electron chi connectivity index (χ3n) is 4.10. The molecule has 0 radical (unpaired) electrons. The van der Waals surface area contributed by atoms with Crippen molar-refractivity contribution in [1.29, 1.82) is 0 Å². The average Bonchev–Trinajstić information content (AvgIpc) is 3.10. The first kappa shape index (κ1) is 17.3. The lowest BCUT2D eigenvalue weighted by molar-refractivity contribution is 0.110. The predicted molar refractivity (Wildman–Crippen MR) is 93.3 cm³/mol. The largest absolute Gasteiger partial charge is 0.378 e. The number of rotatable bonds is 6. The number of nitrogens with one attached hydrogen (secondary N) is 2. The molecule has 2 heterocycles. The standard InChI is InChI=1S/C18H22N4O3/c1-24-11-15-8-17(21-12-20-15)22-18(23)19-9-16-7-14(10-25-16)13-5-3-2-4-6-13/h2-6,8,12,14,16H,7,9-11H2,1H3,(H2,19,20,21,22,23)/t14-,16-/m0/s1. The van der Waals surface area contributed by atoms with Crippen LogP contribution in [0, 0.1) is 0 Å². The Bertz CT molecular complexity index is 696. The number of benzene rings is 1. The quantitative estimate of drug-likeness (QED) is 0.841. The molecule has 1 saturated heterocycles. The lowest BCUT2D eigenvalue weighted by atomic mass is 9.96. The molecule has 0 spiro atoms. The Labute approximate surface area is 146 Å². The van der Waals surface area contributed by atoms with E-state index in [9.17, 15) is 4.79 Å². The van der Waals surface area contributed by atoms with Gasteiger partial charge in [-0.1, -0.05) is 30.3 Å². The number of urea groups is 1. The minimum absolute atomic E-state index is 0.0189. The van der Waals surface area contributed by atoms with Gasteiger partial charge in [0.2, 0.25) is 0 Å². The topological polar surface area (TPSA) is 85.4 Å². The maximum absolute atomic E-state index is 12.0. The molecule has 25 heavy (non-hydrogen) atoms. The molecule has 0 bridgehead atoms. The highest BCUT2D eigenvalue weighted by Crippen LogP contribution is 2.28. The van der Waals surface area contributed by atoms with Crippen LogP contribution in [-0.2, 0) is 16.1 Å². The lowest BCUT2D eigenvalue weighted by Crippen LogP contribution is -2.35. The summed E-state index contributed by atoms with van der Waals surface area (Å²) in [6, 6.07) is 11.7. The molecule has 132 valence electrons. The summed E-state index contributed by atoms with van der Waals surface area (Å²) < 4.78 is 10.8. The Hall–Kier alpha value is -2.51. The van der Waals surface area contributed by atoms with Crippen molar-refractivity contribution in [3.05, 3.63) is 54.0 Å². The number of hydrogen-bond donors (Lipinski definition) is 2. The monoisotopic (exact) mass is 342 g/mol. The van der Waals surface area contributed by atoms with Gasteiger partial charge in [0.25, 0.3) is 0 Å². The van der Waals surface area contributed by atoms with E-state index in [1.165, 1.54) is 11.9 Å². The molecule has 1 fully saturated rings. The second-order valence-corrected chi connectivity index (χ2v) is 5.96. The average molecular weight is 342 g/mol. The first-order chi connectivity index (χ1) is 12.2. The van der Waals surface area contributed by atoms with Gasteiger partial charge in [0.05, 0.1) is 25.0 Å². The van der Waals surface area contributed by atoms with Crippen LogP contribution in [0.15, 0.2) is 42.7 Å². The summed E-state index contributed by atoms with van der Waals surface area (Å²) in [4.78, 5) is 20.1. The maximum atomic E-state index is 12.0. The van der Waals surface area contributed by atoms with E-state index < -0.39 is 0 Å². The minimum Gasteiger partial charge on any atom is -0.378 e. The molecule has 1 aromatic carbocycles. The molecule has 7 nitrogen and oxygen atoms in total. The Morgan fingerprint density at radius 1 is 1.32 bits per heavy atom. The third kappa shape index (κ3) is 4.98. The van der Waals surface area contributed by atoms with Crippen molar-refractivity contribution < 1.29 is 14.3 Å². The predicted octanol–water partition coefficient (Wildman–Crippen LogP) is 2.32. The van der Waals surface area contributed by atoms with Crippen LogP contribution in [0.4, 0.5) is 10.6 Å². The second-order valence-electron chi connectivity index (χ2n) is 5.96. The van der Waals surface area contributed by atoms with Crippen LogP contribution in [0.2, 0.25) is 0 Å². The second kappa shape index (κ2) is 8.55. The normalized spacial score (nSPS) is 19.6. The van der Waals surface area contributed by atoms with Gasteiger partial charge in [-0.2, -0.15) is 0 Å². The first-order valence-corrected chi connectivity index (χ1v) is 8.26. The molecule has 0 aliphatic carbocycles. The molecule has 7 heteroatoms. The van der Waals surface area contributed by atoms with Gasteiger partial charge in [-0.15, -0.1) is 0 Å². The highest BCUT2D eigenvalue weighted by atomic mass is 16.5. The summed E-state index contributed by atoms with van der Waals surface area (Å²) in [6.45, 7) is 1.52. The van der Waals surface area contributed by atoms with Crippen LogP contribution < -0.4 is 10.6 Å². The summed E-state index contributed by atoms with van der Waals surface area (Å²) >= 11 is 0. The van der Waals surface area contributed by atoms with Gasteiger partial charge in [0.15, 0.2) is 0 Å². The van der Waals surface area contributed by atoms with E-state index in [1.807, 2.05) is 18.2 Å². The molecule has 2 atom stereocenters. The zero-order valence-corrected chi connectivity index (χ0v) is 14.1. The molecule has 1 aliphatic rings. The summed E-state index contributed by atoms with van der Waals surface area (Å²) in [5.41, 5.74) is 1.98. The van der Waals surface area contributed by atoms with Crippen LogP contribution in [0.25, 0.3) is 0 Å². The minimum atomic E-state index is -0.311. The van der Waals surface area contributed by atoms with Crippen molar-refractivity contribution in [2.24, 2.45) is 0 Å². The first-order valence-electron chi connectivity index (χ1n) is 8.26. The molecular weight excluding hydrogens is 320 g/mol. The summed E-state index contributed by atoms with van der Waals surface area (Å²) in [7, 11) is 1.59. The zero-order valence-electron chi connectivity index (χ0n) is 14.1. The molecule has 2 N–H and O–H groups in total. The molecule has 2 aromatic rings. The summed E-state index contributed by atoms with van der Waals surface area (Å²) in [5, 5.41) is 5.53. The van der Waals surface area contributed by atoms with Crippen LogP contribution in [0.1, 0.15) is 23.6 Å². The Morgan fingerprint density at radius 2 is 2.16 bits per heavy atom. The molecular formula is C18H22N4O3. The van der Waals surface area contributed by atoms with E-state index in [4.69, 9.17) is 9.47 Å². The molecule has 3 rings (SSSR count). The van der Waals surface area contributed by atoms with Crippen LogP contribution in [-0.4, -0.2) is 42.4 Å². The summed E-state index contributed by atoms with van der Waals surface area (Å²) in [6.07, 6.45) is 2.31. The van der Waals surface area contributed by atoms with Crippen molar-refractivity contribution >= 4 is 11.8 Å². The highest BCUT2D eigenvalue weighted by Gasteiger charge is 2.26. The van der Waals surface area contributed by atoms with Gasteiger partial charge >= 0.3 is 6.03 Å². The smallest absolute Gasteiger partial charge is 0.320 e. The van der Waals surface area contributed by atoms with Gasteiger partial charge in [0, 0.05) is 25.6 Å². The van der Waals surface area contributed by atoms with E-state index in [0.29, 0.717) is 37.2 Å². The Kier molecular flexibility index (Phi) is 5.92. The van der Waals surface area contributed by atoms with Gasteiger partial charge in [-0.05, 0) is 12.0 Å². The fourth-order valence-corrected chi connectivity index (χ4v) is 2.87. The van der Waals surface area contributed by atoms with Crippen molar-refractivity contribution in [2.75, 3.05) is 25.6 Å². The Balaban J connectivity index is 1.44. The SMILES string of the molecule is COCc1cc(NC(=O)NC[C@@H]2C[C@H](c3ccccc3)CO2)ncn1. The van der Waals surface area contributed by atoms with E-state index in [1.54, 1.807) is 13.2 Å². The molecule has 0 unspecified atom stereocenters. The van der Waals surface area contributed by atoms with Gasteiger partial charge in [0.1, 0.15) is 12.1 Å². The fourth-order valence-electron chi connectivity index (χ4n) is 2.87. The lowest BCUT2D eigenvalue weighted by Gasteiger charge is -2.12. The fraction of sp³-hybridized carbons (Fsp3) is 0.389. The Morgan fingerprint density at radius 3 is 2.96 bits per heavy atom. The van der Waals surface area contributed by atoms with Crippen molar-refractivity contribution in [2.45, 2.75) is 25.0 Å². The van der Waals surface area contributed by atoms with Crippen LogP contribution in [0.5, 0.6) is 0 Å². The summed E-state index contributed by atoms with van der Waals surface area (Å²) in [5.74, 6) is 0.823. The zero-order chi connectivity index (χ0) is 17.5. The van der Waals surface area contributed by atoms with E-state index in [0.717, 1.165) is 6.42 Å². The highest BCUT2D eigenvalue weighted by molar-refractivity contribution is 5.88. The van der Waals surface area contributed by atoms with Gasteiger partial charge < -0.3 is 14.8 Å². The number of hydrogen-bond acceptors (Lipinski definition) is 5. The number of aromatic nitrogens is 2. The number of carbonyl (C=O) groups is 1. The molecule has 1 aliphatic heterocycles. The van der Waals surface area contributed by atoms with Gasteiger partial charge in [-0.25, -0.2) is 14.8 Å². The molecule has 2 amide bonds. The van der Waals surface area contributed by atoms with Crippen LogP contribution in [0.3, 0.4) is 0 Å². The molecule has 0 saturated carbocycles. The van der Waals surface area contributed by atoms with Gasteiger partial charge in [-0.3, -0.25) is 5.32 Å². The van der Waals surface area contributed by atoms with Crippen molar-refractivity contribution in [3.8, 4) is 0 Å². The third-order valence-corrected chi connectivity index (χ3v) is 4.10. The number of ether oxygens (including phenoxy) is 2. The number of amides is 2. The van der Waals surface area contributed by atoms with Crippen LogP contribution >= 0.6 is 0 Å². The number of anilines is 1. The maximum Gasteiger partial charge on any atom is 0.320 e.